The molecule has 0 fully saturated rings. The van der Waals surface area contributed by atoms with Gasteiger partial charge in [-0.1, -0.05) is 0 Å². The molecule has 7 nitrogen and oxygen atoms in total. The fourth-order valence-corrected chi connectivity index (χ4v) is 0.871. The SMILES string of the molecule is C[C@@H](O)C(NC(=O)CCC(N)=O)C(=O)O. The zero-order chi connectivity index (χ0) is 12.0. The van der Waals surface area contributed by atoms with Crippen molar-refractivity contribution < 1.29 is 24.6 Å². The molecule has 0 aromatic rings. The summed E-state index contributed by atoms with van der Waals surface area (Å²) in [6.45, 7) is 1.24. The smallest absolute Gasteiger partial charge is 0.328 e. The molecule has 0 bridgehead atoms. The molecule has 15 heavy (non-hydrogen) atoms. The highest BCUT2D eigenvalue weighted by molar-refractivity contribution is 5.86. The third-order valence-corrected chi connectivity index (χ3v) is 1.66. The van der Waals surface area contributed by atoms with E-state index in [2.05, 4.69) is 5.32 Å². The van der Waals surface area contributed by atoms with Crippen LogP contribution >= 0.6 is 0 Å². The molecule has 0 spiro atoms. The lowest BCUT2D eigenvalue weighted by molar-refractivity contribution is -0.144. The van der Waals surface area contributed by atoms with Gasteiger partial charge in [-0.25, -0.2) is 4.79 Å². The van der Waals surface area contributed by atoms with Crippen LogP contribution in [0.25, 0.3) is 0 Å². The number of hydrogen-bond acceptors (Lipinski definition) is 4. The van der Waals surface area contributed by atoms with Gasteiger partial charge in [-0.3, -0.25) is 9.59 Å². The van der Waals surface area contributed by atoms with E-state index < -0.39 is 29.9 Å². The second-order valence-corrected chi connectivity index (χ2v) is 3.09. The van der Waals surface area contributed by atoms with Gasteiger partial charge >= 0.3 is 5.97 Å². The van der Waals surface area contributed by atoms with E-state index in [0.29, 0.717) is 0 Å². The van der Waals surface area contributed by atoms with Crippen LogP contribution in [0.3, 0.4) is 0 Å². The molecule has 7 heteroatoms. The molecule has 2 amide bonds. The Labute approximate surface area is 86.3 Å². The van der Waals surface area contributed by atoms with Crippen LogP contribution in [0.4, 0.5) is 0 Å². The summed E-state index contributed by atoms with van der Waals surface area (Å²) in [6.07, 6.45) is -1.55. The summed E-state index contributed by atoms with van der Waals surface area (Å²) in [5, 5.41) is 19.7. The number of nitrogens with two attached hydrogens (primary N) is 1. The van der Waals surface area contributed by atoms with Gasteiger partial charge in [-0.05, 0) is 6.92 Å². The molecule has 0 aromatic heterocycles. The van der Waals surface area contributed by atoms with E-state index in [9.17, 15) is 14.4 Å². The first kappa shape index (κ1) is 13.4. The van der Waals surface area contributed by atoms with Gasteiger partial charge in [0.2, 0.25) is 11.8 Å². The van der Waals surface area contributed by atoms with Gasteiger partial charge in [0.1, 0.15) is 0 Å². The number of carbonyl (C=O) groups excluding carboxylic acids is 2. The van der Waals surface area contributed by atoms with Gasteiger partial charge in [0.05, 0.1) is 6.10 Å². The molecule has 0 saturated heterocycles. The predicted octanol–water partition coefficient (Wildman–Crippen LogP) is -1.80. The quantitative estimate of drug-likeness (QED) is 0.418. The van der Waals surface area contributed by atoms with Gasteiger partial charge in [-0.2, -0.15) is 0 Å². The van der Waals surface area contributed by atoms with Gasteiger partial charge in [-0.15, -0.1) is 0 Å². The standard InChI is InChI=1S/C8H14N2O5/c1-4(11)7(8(14)15)10-6(13)3-2-5(9)12/h4,7,11H,2-3H2,1H3,(H2,9,12)(H,10,13)(H,14,15)/t4-,7?/m1/s1. The molecule has 0 aliphatic heterocycles. The lowest BCUT2D eigenvalue weighted by Gasteiger charge is -2.16. The van der Waals surface area contributed by atoms with E-state index in [1.807, 2.05) is 0 Å². The number of carboxylic acids is 1. The first-order chi connectivity index (χ1) is 6.84. The summed E-state index contributed by atoms with van der Waals surface area (Å²) in [4.78, 5) is 32.0. The van der Waals surface area contributed by atoms with Crippen LogP contribution in [-0.4, -0.2) is 40.1 Å². The molecule has 0 aliphatic rings. The van der Waals surface area contributed by atoms with Crippen molar-refractivity contribution in [2.45, 2.75) is 31.9 Å². The van der Waals surface area contributed by atoms with Crippen LogP contribution in [-0.2, 0) is 14.4 Å². The number of aliphatic hydroxyl groups excluding tert-OH is 1. The summed E-state index contributed by atoms with van der Waals surface area (Å²) in [6, 6.07) is -1.37. The molecule has 5 N–H and O–H groups in total. The third-order valence-electron chi connectivity index (χ3n) is 1.66. The third kappa shape index (κ3) is 5.63. The Morgan fingerprint density at radius 2 is 1.87 bits per heavy atom. The van der Waals surface area contributed by atoms with Crippen molar-refractivity contribution in [2.75, 3.05) is 0 Å². The number of carboxylic acid groups (broad SMARTS) is 1. The number of amides is 2. The molecule has 0 aromatic carbocycles. The van der Waals surface area contributed by atoms with E-state index in [1.165, 1.54) is 6.92 Å². The van der Waals surface area contributed by atoms with Gasteiger partial charge < -0.3 is 21.3 Å². The molecule has 2 atom stereocenters. The highest BCUT2D eigenvalue weighted by Gasteiger charge is 2.24. The molecule has 0 aliphatic carbocycles. The van der Waals surface area contributed by atoms with Crippen LogP contribution in [0, 0.1) is 0 Å². The second-order valence-electron chi connectivity index (χ2n) is 3.09. The maximum absolute atomic E-state index is 11.1. The van der Waals surface area contributed by atoms with Crippen LogP contribution in [0.15, 0.2) is 0 Å². The van der Waals surface area contributed by atoms with Gasteiger partial charge in [0.15, 0.2) is 6.04 Å². The zero-order valence-corrected chi connectivity index (χ0v) is 8.27. The number of carbonyl (C=O) groups is 3. The molecule has 0 radical (unpaired) electrons. The Kier molecular flexibility index (Phi) is 5.32. The van der Waals surface area contributed by atoms with Crippen molar-refractivity contribution in [3.63, 3.8) is 0 Å². The molecule has 0 saturated carbocycles. The monoisotopic (exact) mass is 218 g/mol. The largest absolute Gasteiger partial charge is 0.480 e. The Balaban J connectivity index is 4.12. The first-order valence-corrected chi connectivity index (χ1v) is 4.33. The van der Waals surface area contributed by atoms with Crippen LogP contribution < -0.4 is 11.1 Å². The topological polar surface area (TPSA) is 130 Å². The second kappa shape index (κ2) is 5.97. The summed E-state index contributed by atoms with van der Waals surface area (Å²) in [7, 11) is 0. The fraction of sp³-hybridized carbons (Fsp3) is 0.625. The van der Waals surface area contributed by atoms with Crippen molar-refractivity contribution in [3.05, 3.63) is 0 Å². The zero-order valence-electron chi connectivity index (χ0n) is 8.27. The summed E-state index contributed by atoms with van der Waals surface area (Å²) in [5.74, 6) is -2.62. The summed E-state index contributed by atoms with van der Waals surface area (Å²) in [5.41, 5.74) is 4.81. The predicted molar refractivity (Wildman–Crippen MR) is 49.7 cm³/mol. The van der Waals surface area contributed by atoms with Crippen molar-refractivity contribution in [2.24, 2.45) is 5.73 Å². The Morgan fingerprint density at radius 1 is 1.33 bits per heavy atom. The molecule has 0 rings (SSSR count). The van der Waals surface area contributed by atoms with E-state index in [-0.39, 0.29) is 12.8 Å². The van der Waals surface area contributed by atoms with Crippen molar-refractivity contribution in [1.29, 1.82) is 0 Å². The summed E-state index contributed by atoms with van der Waals surface area (Å²) < 4.78 is 0. The highest BCUT2D eigenvalue weighted by atomic mass is 16.4. The number of aliphatic hydroxyl groups is 1. The number of hydrogen-bond donors (Lipinski definition) is 4. The van der Waals surface area contributed by atoms with E-state index in [0.717, 1.165) is 0 Å². The molecular formula is C8H14N2O5. The minimum Gasteiger partial charge on any atom is -0.480 e. The average Bonchev–Trinajstić information content (AvgIpc) is 2.09. The number of primary amides is 1. The minimum absolute atomic E-state index is 0.155. The number of aliphatic carboxylic acids is 1. The molecule has 86 valence electrons. The fourth-order valence-electron chi connectivity index (χ4n) is 0.871. The van der Waals surface area contributed by atoms with Gasteiger partial charge in [0.25, 0.3) is 0 Å². The van der Waals surface area contributed by atoms with Crippen LogP contribution in [0.1, 0.15) is 19.8 Å². The van der Waals surface area contributed by atoms with E-state index >= 15 is 0 Å². The van der Waals surface area contributed by atoms with Gasteiger partial charge in [0, 0.05) is 12.8 Å². The number of nitrogens with one attached hydrogen (secondary N) is 1. The lowest BCUT2D eigenvalue weighted by Crippen LogP contribution is -2.47. The van der Waals surface area contributed by atoms with E-state index in [4.69, 9.17) is 15.9 Å². The van der Waals surface area contributed by atoms with Crippen molar-refractivity contribution in [3.8, 4) is 0 Å². The van der Waals surface area contributed by atoms with E-state index in [1.54, 1.807) is 0 Å². The first-order valence-electron chi connectivity index (χ1n) is 4.33. The molecule has 1 unspecified atom stereocenters. The Hall–Kier alpha value is -1.63. The van der Waals surface area contributed by atoms with Crippen molar-refractivity contribution in [1.82, 2.24) is 5.32 Å². The van der Waals surface area contributed by atoms with Crippen LogP contribution in [0.2, 0.25) is 0 Å². The Morgan fingerprint density at radius 3 is 2.20 bits per heavy atom. The Bertz CT molecular complexity index is 264. The minimum atomic E-state index is -1.37. The van der Waals surface area contributed by atoms with Crippen LogP contribution in [0.5, 0.6) is 0 Å². The lowest BCUT2D eigenvalue weighted by atomic mass is 10.1. The molecule has 0 heterocycles. The normalized spacial score (nSPS) is 14.0. The molecular weight excluding hydrogens is 204 g/mol. The number of rotatable bonds is 6. The summed E-state index contributed by atoms with van der Waals surface area (Å²) >= 11 is 0. The highest BCUT2D eigenvalue weighted by Crippen LogP contribution is 1.95. The average molecular weight is 218 g/mol. The van der Waals surface area contributed by atoms with Crippen molar-refractivity contribution >= 4 is 17.8 Å². The maximum Gasteiger partial charge on any atom is 0.328 e. The maximum atomic E-state index is 11.1.